The standard InChI is InChI=1S/C21H23ClF3N5O4/c1-11-5-17-14(8-29(11)21(32)26-12-3-4-16(23)15(22)6-12)19-20(31)28(2)34-13(7-30(19)27-17)9-33-10-18(24)25/h3-4,6,11,13,18H,5,7-10H2,1-2H3,(H,26,32)/t11-,13-/m1/s1. The largest absolute Gasteiger partial charge is 0.373 e. The van der Waals surface area contributed by atoms with E-state index in [4.69, 9.17) is 21.2 Å². The Morgan fingerprint density at radius 1 is 1.41 bits per heavy atom. The zero-order valence-corrected chi connectivity index (χ0v) is 19.2. The molecule has 9 nitrogen and oxygen atoms in total. The number of urea groups is 1. The van der Waals surface area contributed by atoms with Crippen LogP contribution in [0.25, 0.3) is 0 Å². The minimum Gasteiger partial charge on any atom is -0.373 e. The van der Waals surface area contributed by atoms with Crippen LogP contribution in [0.15, 0.2) is 18.2 Å². The molecule has 1 aromatic heterocycles. The third kappa shape index (κ3) is 4.98. The van der Waals surface area contributed by atoms with Crippen molar-refractivity contribution >= 4 is 29.2 Å². The van der Waals surface area contributed by atoms with E-state index < -0.39 is 36.9 Å². The number of hydrogen-bond donors (Lipinski definition) is 1. The topological polar surface area (TPSA) is 88.9 Å². The first-order valence-corrected chi connectivity index (χ1v) is 10.9. The highest BCUT2D eigenvalue weighted by Crippen LogP contribution is 2.29. The summed E-state index contributed by atoms with van der Waals surface area (Å²) in [4.78, 5) is 33.1. The number of ether oxygens (including phenoxy) is 1. The van der Waals surface area contributed by atoms with Crippen molar-refractivity contribution in [1.29, 1.82) is 0 Å². The molecule has 0 saturated heterocycles. The lowest BCUT2D eigenvalue weighted by Crippen LogP contribution is -2.45. The molecule has 1 N–H and O–H groups in total. The number of hydrogen-bond acceptors (Lipinski definition) is 5. The number of rotatable bonds is 5. The molecule has 0 radical (unpaired) electrons. The first-order valence-electron chi connectivity index (χ1n) is 10.6. The van der Waals surface area contributed by atoms with Crippen molar-refractivity contribution in [2.45, 2.75) is 45.0 Å². The molecule has 34 heavy (non-hydrogen) atoms. The van der Waals surface area contributed by atoms with Gasteiger partial charge in [-0.25, -0.2) is 23.0 Å². The van der Waals surface area contributed by atoms with Gasteiger partial charge in [-0.3, -0.25) is 14.3 Å². The van der Waals surface area contributed by atoms with Gasteiger partial charge in [0.2, 0.25) is 0 Å². The first-order chi connectivity index (χ1) is 16.1. The van der Waals surface area contributed by atoms with Gasteiger partial charge in [0.25, 0.3) is 12.3 Å². The molecule has 2 aromatic rings. The molecule has 0 unspecified atom stereocenters. The van der Waals surface area contributed by atoms with Crippen LogP contribution in [-0.4, -0.2) is 70.5 Å². The van der Waals surface area contributed by atoms with Gasteiger partial charge in [0.05, 0.1) is 30.4 Å². The Bertz CT molecular complexity index is 1100. The molecule has 0 spiro atoms. The lowest BCUT2D eigenvalue weighted by molar-refractivity contribution is -0.169. The number of aromatic nitrogens is 2. The number of anilines is 1. The van der Waals surface area contributed by atoms with E-state index in [0.29, 0.717) is 23.4 Å². The van der Waals surface area contributed by atoms with E-state index in [-0.39, 0.29) is 36.5 Å². The van der Waals surface area contributed by atoms with Crippen LogP contribution in [0.4, 0.5) is 23.7 Å². The van der Waals surface area contributed by atoms with Crippen molar-refractivity contribution in [3.8, 4) is 0 Å². The quantitative estimate of drug-likeness (QED) is 0.679. The van der Waals surface area contributed by atoms with E-state index in [1.807, 2.05) is 6.92 Å². The molecular formula is C21H23ClF3N5O4. The number of halogens is 4. The van der Waals surface area contributed by atoms with Crippen LogP contribution >= 0.6 is 11.6 Å². The molecule has 2 atom stereocenters. The molecule has 3 heterocycles. The van der Waals surface area contributed by atoms with Crippen molar-refractivity contribution in [3.63, 3.8) is 0 Å². The number of fused-ring (bicyclic) bond motifs is 3. The van der Waals surface area contributed by atoms with E-state index in [1.165, 1.54) is 23.9 Å². The molecule has 4 rings (SSSR count). The van der Waals surface area contributed by atoms with E-state index in [1.54, 1.807) is 4.90 Å². The van der Waals surface area contributed by atoms with Crippen molar-refractivity contribution in [2.24, 2.45) is 0 Å². The van der Waals surface area contributed by atoms with Crippen LogP contribution in [-0.2, 0) is 29.1 Å². The number of benzene rings is 1. The summed E-state index contributed by atoms with van der Waals surface area (Å²) in [6.07, 6.45) is -2.91. The average molecular weight is 502 g/mol. The van der Waals surface area contributed by atoms with E-state index >= 15 is 0 Å². The normalized spacial score (nSPS) is 20.3. The molecule has 2 aliphatic heterocycles. The van der Waals surface area contributed by atoms with Crippen LogP contribution in [0.5, 0.6) is 0 Å². The smallest absolute Gasteiger partial charge is 0.322 e. The number of carbonyl (C=O) groups excluding carboxylic acids is 2. The Hall–Kier alpha value is -2.83. The zero-order chi connectivity index (χ0) is 24.6. The number of nitrogens with zero attached hydrogens (tertiary/aromatic N) is 4. The zero-order valence-electron chi connectivity index (χ0n) is 18.4. The third-order valence-corrected chi connectivity index (χ3v) is 5.92. The van der Waals surface area contributed by atoms with Gasteiger partial charge in [-0.1, -0.05) is 11.6 Å². The van der Waals surface area contributed by atoms with Crippen molar-refractivity contribution in [3.05, 3.63) is 46.0 Å². The summed E-state index contributed by atoms with van der Waals surface area (Å²) >= 11 is 5.80. The van der Waals surface area contributed by atoms with Gasteiger partial charge in [0.15, 0.2) is 0 Å². The molecular weight excluding hydrogens is 479 g/mol. The number of amides is 3. The predicted molar refractivity (Wildman–Crippen MR) is 115 cm³/mol. The van der Waals surface area contributed by atoms with Gasteiger partial charge in [-0.2, -0.15) is 5.10 Å². The first kappa shape index (κ1) is 24.3. The minimum absolute atomic E-state index is 0.110. The van der Waals surface area contributed by atoms with Gasteiger partial charge < -0.3 is 15.0 Å². The second-order valence-corrected chi connectivity index (χ2v) is 8.56. The van der Waals surface area contributed by atoms with Crippen molar-refractivity contribution in [1.82, 2.24) is 19.7 Å². The van der Waals surface area contributed by atoms with Crippen LogP contribution in [0, 0.1) is 5.82 Å². The summed E-state index contributed by atoms with van der Waals surface area (Å²) in [5, 5.41) is 8.15. The Morgan fingerprint density at radius 3 is 2.88 bits per heavy atom. The molecule has 1 aromatic carbocycles. The van der Waals surface area contributed by atoms with Gasteiger partial charge in [0.1, 0.15) is 24.2 Å². The average Bonchev–Trinajstić information content (AvgIpc) is 3.05. The van der Waals surface area contributed by atoms with Gasteiger partial charge in [-0.05, 0) is 25.1 Å². The SMILES string of the molecule is C[C@@H]1Cc2nn3c(c2CN1C(=O)Nc1ccc(F)c(Cl)c1)C(=O)N(C)O[C@@H](COCC(F)F)C3. The molecule has 3 amide bonds. The maximum Gasteiger partial charge on any atom is 0.322 e. The third-order valence-electron chi connectivity index (χ3n) is 5.63. The molecule has 0 fully saturated rings. The van der Waals surface area contributed by atoms with Gasteiger partial charge in [-0.15, -0.1) is 0 Å². The van der Waals surface area contributed by atoms with Crippen LogP contribution in [0.2, 0.25) is 5.02 Å². The second-order valence-electron chi connectivity index (χ2n) is 8.15. The molecule has 0 bridgehead atoms. The molecule has 0 saturated carbocycles. The summed E-state index contributed by atoms with van der Waals surface area (Å²) in [5.41, 5.74) is 1.86. The maximum absolute atomic E-state index is 13.4. The fraction of sp³-hybridized carbons (Fsp3) is 0.476. The number of nitrogens with one attached hydrogen (secondary N) is 1. The Balaban J connectivity index is 1.54. The van der Waals surface area contributed by atoms with E-state index in [9.17, 15) is 22.8 Å². The van der Waals surface area contributed by atoms with Crippen molar-refractivity contribution in [2.75, 3.05) is 25.6 Å². The number of hydroxylamine groups is 2. The summed E-state index contributed by atoms with van der Waals surface area (Å²) in [6.45, 7) is 1.20. The van der Waals surface area contributed by atoms with Crippen LogP contribution < -0.4 is 5.32 Å². The number of carbonyl (C=O) groups is 2. The van der Waals surface area contributed by atoms with E-state index in [2.05, 4.69) is 10.4 Å². The Morgan fingerprint density at radius 2 is 2.18 bits per heavy atom. The summed E-state index contributed by atoms with van der Waals surface area (Å²) < 4.78 is 44.7. The predicted octanol–water partition coefficient (Wildman–Crippen LogP) is 3.32. The second kappa shape index (κ2) is 9.80. The van der Waals surface area contributed by atoms with Crippen LogP contribution in [0.1, 0.15) is 28.7 Å². The monoisotopic (exact) mass is 501 g/mol. The molecule has 2 aliphatic rings. The highest BCUT2D eigenvalue weighted by atomic mass is 35.5. The number of alkyl halides is 2. The lowest BCUT2D eigenvalue weighted by atomic mass is 9.99. The maximum atomic E-state index is 13.4. The highest BCUT2D eigenvalue weighted by molar-refractivity contribution is 6.31. The Kier molecular flexibility index (Phi) is 7.01. The van der Waals surface area contributed by atoms with E-state index in [0.717, 1.165) is 11.1 Å². The van der Waals surface area contributed by atoms with Crippen LogP contribution in [0.3, 0.4) is 0 Å². The molecule has 0 aliphatic carbocycles. The van der Waals surface area contributed by atoms with Crippen molar-refractivity contribution < 1.29 is 32.3 Å². The summed E-state index contributed by atoms with van der Waals surface area (Å²) in [7, 11) is 1.42. The summed E-state index contributed by atoms with van der Waals surface area (Å²) in [6, 6.07) is 3.19. The minimum atomic E-state index is -2.61. The molecule has 13 heteroatoms. The fourth-order valence-electron chi connectivity index (χ4n) is 4.03. The lowest BCUT2D eigenvalue weighted by Gasteiger charge is -2.33. The summed E-state index contributed by atoms with van der Waals surface area (Å²) in [5.74, 6) is -1.06. The highest BCUT2D eigenvalue weighted by Gasteiger charge is 2.37. The fourth-order valence-corrected chi connectivity index (χ4v) is 4.21. The molecule has 184 valence electrons. The van der Waals surface area contributed by atoms with Gasteiger partial charge >= 0.3 is 6.03 Å². The van der Waals surface area contributed by atoms with Gasteiger partial charge in [0, 0.05) is 30.8 Å². The Labute approximate surface area is 198 Å².